The van der Waals surface area contributed by atoms with Gasteiger partial charge < -0.3 is 9.47 Å². The van der Waals surface area contributed by atoms with Gasteiger partial charge in [-0.3, -0.25) is 20.2 Å². The number of rotatable bonds is 6. The average Bonchev–Trinajstić information content (AvgIpc) is 2.84. The van der Waals surface area contributed by atoms with Crippen LogP contribution < -0.4 is 9.47 Å². The number of nitro groups is 2. The summed E-state index contributed by atoms with van der Waals surface area (Å²) < 4.78 is 11.4. The first-order chi connectivity index (χ1) is 17.2. The van der Waals surface area contributed by atoms with Crippen LogP contribution in [0.15, 0.2) is 81.7 Å². The average molecular weight is 616 g/mol. The Bertz CT molecular complexity index is 1450. The Kier molecular flexibility index (Phi) is 7.08. The monoisotopic (exact) mass is 614 g/mol. The van der Waals surface area contributed by atoms with Gasteiger partial charge in [-0.1, -0.05) is 24.3 Å². The van der Waals surface area contributed by atoms with E-state index in [1.165, 1.54) is 36.4 Å². The molecule has 0 aliphatic heterocycles. The van der Waals surface area contributed by atoms with Crippen molar-refractivity contribution in [2.24, 2.45) is 0 Å². The zero-order valence-electron chi connectivity index (χ0n) is 17.8. The molecule has 0 N–H and O–H groups in total. The highest BCUT2D eigenvalue weighted by Crippen LogP contribution is 2.34. The number of benzene rings is 4. The van der Waals surface area contributed by atoms with E-state index in [4.69, 9.17) is 9.47 Å². The van der Waals surface area contributed by atoms with Gasteiger partial charge in [0.2, 0.25) is 0 Å². The lowest BCUT2D eigenvalue weighted by Crippen LogP contribution is -2.10. The molecule has 36 heavy (non-hydrogen) atoms. The number of nitrogens with zero attached hydrogens (tertiary/aromatic N) is 2. The Morgan fingerprint density at radius 3 is 1.39 bits per heavy atom. The summed E-state index contributed by atoms with van der Waals surface area (Å²) >= 11 is 6.13. The number of carbonyl (C=O) groups is 2. The SMILES string of the molecule is O=C(Oc1cccc2c(OC(=O)c3ccc(Br)c([N+](=O)[O-])c3)cccc12)c1ccc(Br)c([N+](=O)[O-])c1. The number of fused-ring (bicyclic) bond motifs is 1. The van der Waals surface area contributed by atoms with Gasteiger partial charge in [-0.15, -0.1) is 0 Å². The van der Waals surface area contributed by atoms with Gasteiger partial charge in [-0.25, -0.2) is 9.59 Å². The summed E-state index contributed by atoms with van der Waals surface area (Å²) in [6, 6.07) is 17.2. The number of hydrogen-bond acceptors (Lipinski definition) is 8. The van der Waals surface area contributed by atoms with Crippen LogP contribution in [0.1, 0.15) is 20.7 Å². The van der Waals surface area contributed by atoms with Crippen molar-refractivity contribution >= 4 is 65.9 Å². The smallest absolute Gasteiger partial charge is 0.343 e. The molecular weight excluding hydrogens is 604 g/mol. The summed E-state index contributed by atoms with van der Waals surface area (Å²) in [6.45, 7) is 0. The van der Waals surface area contributed by atoms with E-state index >= 15 is 0 Å². The van der Waals surface area contributed by atoms with E-state index in [1.54, 1.807) is 24.3 Å². The fourth-order valence-electron chi connectivity index (χ4n) is 3.31. The van der Waals surface area contributed by atoms with Gasteiger partial charge in [0.25, 0.3) is 11.4 Å². The minimum absolute atomic E-state index is 0.0266. The first-order valence-corrected chi connectivity index (χ1v) is 11.6. The van der Waals surface area contributed by atoms with Gasteiger partial charge >= 0.3 is 11.9 Å². The summed E-state index contributed by atoms with van der Waals surface area (Å²) in [7, 11) is 0. The molecule has 0 spiro atoms. The summed E-state index contributed by atoms with van der Waals surface area (Å²) in [5, 5.41) is 23.2. The lowest BCUT2D eigenvalue weighted by molar-refractivity contribution is -0.385. The van der Waals surface area contributed by atoms with Gasteiger partial charge in [0.15, 0.2) is 0 Å². The highest BCUT2D eigenvalue weighted by Gasteiger charge is 2.20. The van der Waals surface area contributed by atoms with E-state index in [-0.39, 0.29) is 42.9 Å². The van der Waals surface area contributed by atoms with Crippen molar-refractivity contribution in [3.63, 3.8) is 0 Å². The molecule has 10 nitrogen and oxygen atoms in total. The molecule has 0 fully saturated rings. The Labute approximate surface area is 219 Å². The van der Waals surface area contributed by atoms with Crippen LogP contribution in [-0.4, -0.2) is 21.8 Å². The summed E-state index contributed by atoms with van der Waals surface area (Å²) in [4.78, 5) is 46.5. The summed E-state index contributed by atoms with van der Waals surface area (Å²) in [5.41, 5.74) is -0.628. The third-order valence-corrected chi connectivity index (χ3v) is 6.35. The molecule has 0 unspecified atom stereocenters. The Balaban J connectivity index is 1.64. The van der Waals surface area contributed by atoms with Crippen LogP contribution in [-0.2, 0) is 0 Å². The quantitative estimate of drug-likeness (QED) is 0.102. The fraction of sp³-hybridized carbons (Fsp3) is 0. The van der Waals surface area contributed by atoms with E-state index in [0.717, 1.165) is 12.1 Å². The van der Waals surface area contributed by atoms with Gasteiger partial charge in [0, 0.05) is 22.9 Å². The van der Waals surface area contributed by atoms with Gasteiger partial charge in [0.1, 0.15) is 11.5 Å². The predicted octanol–water partition coefficient (Wildman–Crippen LogP) is 6.62. The van der Waals surface area contributed by atoms with E-state index in [0.29, 0.717) is 10.8 Å². The molecule has 0 saturated carbocycles. The molecule has 4 aromatic carbocycles. The molecule has 0 heterocycles. The van der Waals surface area contributed by atoms with E-state index in [1.807, 2.05) is 0 Å². The second-order valence-electron chi connectivity index (χ2n) is 7.23. The number of halogens is 2. The normalized spacial score (nSPS) is 10.6. The fourth-order valence-corrected chi connectivity index (χ4v) is 4.09. The van der Waals surface area contributed by atoms with Gasteiger partial charge in [-0.05, 0) is 68.3 Å². The van der Waals surface area contributed by atoms with Crippen LogP contribution in [0.5, 0.6) is 11.5 Å². The zero-order valence-corrected chi connectivity index (χ0v) is 21.0. The van der Waals surface area contributed by atoms with Crippen molar-refractivity contribution in [1.82, 2.24) is 0 Å². The highest BCUT2D eigenvalue weighted by atomic mass is 79.9. The maximum Gasteiger partial charge on any atom is 0.343 e. The Morgan fingerprint density at radius 1 is 0.639 bits per heavy atom. The summed E-state index contributed by atoms with van der Waals surface area (Å²) in [5.74, 6) is -1.36. The van der Waals surface area contributed by atoms with Crippen molar-refractivity contribution < 1.29 is 28.9 Å². The molecule has 4 aromatic rings. The van der Waals surface area contributed by atoms with Crippen molar-refractivity contribution in [2.45, 2.75) is 0 Å². The molecule has 0 radical (unpaired) electrons. The molecule has 0 bridgehead atoms. The van der Waals surface area contributed by atoms with Crippen molar-refractivity contribution in [3.8, 4) is 11.5 Å². The number of hydrogen-bond donors (Lipinski definition) is 0. The van der Waals surface area contributed by atoms with Crippen LogP contribution in [0.4, 0.5) is 11.4 Å². The van der Waals surface area contributed by atoms with Crippen molar-refractivity contribution in [3.05, 3.63) is 113 Å². The van der Waals surface area contributed by atoms with E-state index < -0.39 is 21.8 Å². The first-order valence-electron chi connectivity index (χ1n) is 9.99. The molecule has 4 rings (SSSR count). The van der Waals surface area contributed by atoms with E-state index in [9.17, 15) is 29.8 Å². The summed E-state index contributed by atoms with van der Waals surface area (Å²) in [6.07, 6.45) is 0. The van der Waals surface area contributed by atoms with Crippen molar-refractivity contribution in [2.75, 3.05) is 0 Å². The highest BCUT2D eigenvalue weighted by molar-refractivity contribution is 9.11. The number of ether oxygens (including phenoxy) is 2. The van der Waals surface area contributed by atoms with Gasteiger partial charge in [0.05, 0.1) is 29.9 Å². The number of carbonyl (C=O) groups excluding carboxylic acids is 2. The van der Waals surface area contributed by atoms with Crippen LogP contribution in [0.25, 0.3) is 10.8 Å². The minimum Gasteiger partial charge on any atom is -0.422 e. The molecule has 0 aliphatic carbocycles. The second-order valence-corrected chi connectivity index (χ2v) is 8.94. The zero-order chi connectivity index (χ0) is 26.0. The standard InChI is InChI=1S/C24H12Br2N2O8/c25-17-9-7-13(11-19(17)27(31)32)23(29)35-21-5-1-3-15-16(21)4-2-6-22(15)36-24(30)14-8-10-18(26)20(12-14)28(33)34/h1-12H. The maximum atomic E-state index is 12.7. The third-order valence-electron chi connectivity index (χ3n) is 5.00. The topological polar surface area (TPSA) is 139 Å². The number of esters is 2. The molecule has 180 valence electrons. The van der Waals surface area contributed by atoms with Crippen LogP contribution >= 0.6 is 31.9 Å². The molecule has 0 aromatic heterocycles. The van der Waals surface area contributed by atoms with Crippen LogP contribution in [0, 0.1) is 20.2 Å². The lowest BCUT2D eigenvalue weighted by Gasteiger charge is -2.11. The largest absolute Gasteiger partial charge is 0.422 e. The molecule has 12 heteroatoms. The predicted molar refractivity (Wildman–Crippen MR) is 135 cm³/mol. The molecule has 0 saturated heterocycles. The van der Waals surface area contributed by atoms with Crippen molar-refractivity contribution in [1.29, 1.82) is 0 Å². The Morgan fingerprint density at radius 2 is 1.03 bits per heavy atom. The molecule has 0 aliphatic rings. The lowest BCUT2D eigenvalue weighted by atomic mass is 10.1. The third kappa shape index (κ3) is 5.09. The number of nitro benzene ring substituents is 2. The second kappa shape index (κ2) is 10.2. The van der Waals surface area contributed by atoms with Crippen LogP contribution in [0.2, 0.25) is 0 Å². The van der Waals surface area contributed by atoms with E-state index in [2.05, 4.69) is 31.9 Å². The van der Waals surface area contributed by atoms with Gasteiger partial charge in [-0.2, -0.15) is 0 Å². The Hall–Kier alpha value is -4.16. The van der Waals surface area contributed by atoms with Crippen LogP contribution in [0.3, 0.4) is 0 Å². The molecule has 0 atom stereocenters. The molecular formula is C24H12Br2N2O8. The molecule has 0 amide bonds. The minimum atomic E-state index is -0.817. The maximum absolute atomic E-state index is 12.7. The first kappa shape index (κ1) is 24.9.